The fourth-order valence-corrected chi connectivity index (χ4v) is 2.22. The number of carbonyl (C=O) groups is 2. The summed E-state index contributed by atoms with van der Waals surface area (Å²) in [6.45, 7) is 0.539. The van der Waals surface area contributed by atoms with Crippen LogP contribution in [0.5, 0.6) is 0 Å². The Balaban J connectivity index is 2.33. The lowest BCUT2D eigenvalue weighted by molar-refractivity contribution is -0.119. The van der Waals surface area contributed by atoms with Gasteiger partial charge in [-0.25, -0.2) is 9.18 Å². The van der Waals surface area contributed by atoms with Crippen LogP contribution in [0.4, 0.5) is 10.1 Å². The number of benzene rings is 1. The molecule has 0 radical (unpaired) electrons. The summed E-state index contributed by atoms with van der Waals surface area (Å²) in [5.74, 6) is -2.33. The van der Waals surface area contributed by atoms with Crippen molar-refractivity contribution in [3.8, 4) is 0 Å². The number of hydrogen-bond donors (Lipinski definition) is 2. The Morgan fingerprint density at radius 1 is 1.44 bits per heavy atom. The van der Waals surface area contributed by atoms with E-state index in [0.29, 0.717) is 13.0 Å². The van der Waals surface area contributed by atoms with Crippen molar-refractivity contribution >= 4 is 17.6 Å². The summed E-state index contributed by atoms with van der Waals surface area (Å²) in [7, 11) is 0. The van der Waals surface area contributed by atoms with Gasteiger partial charge in [0.25, 0.3) is 0 Å². The van der Waals surface area contributed by atoms with Crippen LogP contribution < -0.4 is 10.6 Å². The lowest BCUT2D eigenvalue weighted by Crippen LogP contribution is -2.40. The summed E-state index contributed by atoms with van der Waals surface area (Å²) in [5, 5.41) is 8.75. The molecule has 1 fully saturated rings. The van der Waals surface area contributed by atoms with Crippen LogP contribution >= 0.6 is 0 Å². The maximum Gasteiger partial charge on any atom is 0.335 e. The molecular formula is C12H13FN2O3. The number of hydrogen-bond acceptors (Lipinski definition) is 3. The first kappa shape index (κ1) is 12.3. The smallest absolute Gasteiger partial charge is 0.335 e. The second-order valence-corrected chi connectivity index (χ2v) is 4.23. The normalized spacial score (nSPS) is 18.9. The minimum absolute atomic E-state index is 0.119. The van der Waals surface area contributed by atoms with E-state index in [2.05, 4.69) is 0 Å². The molecule has 1 aromatic rings. The van der Waals surface area contributed by atoms with E-state index < -0.39 is 23.7 Å². The van der Waals surface area contributed by atoms with Gasteiger partial charge in [0, 0.05) is 6.54 Å². The molecular weight excluding hydrogens is 239 g/mol. The topological polar surface area (TPSA) is 83.6 Å². The molecule has 3 N–H and O–H groups in total. The van der Waals surface area contributed by atoms with Crippen molar-refractivity contribution in [3.05, 3.63) is 29.6 Å². The molecule has 1 aliphatic heterocycles. The molecule has 1 saturated heterocycles. The number of carboxylic acids is 1. The number of carbonyl (C=O) groups excluding carboxylic acids is 1. The third kappa shape index (κ3) is 2.13. The first-order valence-electron chi connectivity index (χ1n) is 5.59. The predicted molar refractivity (Wildman–Crippen MR) is 62.9 cm³/mol. The van der Waals surface area contributed by atoms with Gasteiger partial charge in [-0.15, -0.1) is 0 Å². The minimum Gasteiger partial charge on any atom is -0.478 e. The van der Waals surface area contributed by atoms with E-state index in [-0.39, 0.29) is 11.3 Å². The SMILES string of the molecule is NC(=O)C1CCCN1c1ccc(C(=O)O)cc1F. The molecule has 1 heterocycles. The van der Waals surface area contributed by atoms with Crippen molar-refractivity contribution in [2.75, 3.05) is 11.4 Å². The average Bonchev–Trinajstić information content (AvgIpc) is 2.77. The van der Waals surface area contributed by atoms with Crippen LogP contribution in [-0.4, -0.2) is 29.6 Å². The van der Waals surface area contributed by atoms with E-state index >= 15 is 0 Å². The molecule has 0 spiro atoms. The quantitative estimate of drug-likeness (QED) is 0.839. The molecule has 1 amide bonds. The van der Waals surface area contributed by atoms with Gasteiger partial charge in [0.2, 0.25) is 5.91 Å². The Morgan fingerprint density at radius 2 is 2.17 bits per heavy atom. The fraction of sp³-hybridized carbons (Fsp3) is 0.333. The molecule has 1 atom stereocenters. The third-order valence-electron chi connectivity index (χ3n) is 3.09. The van der Waals surface area contributed by atoms with Crippen molar-refractivity contribution < 1.29 is 19.1 Å². The van der Waals surface area contributed by atoms with E-state index in [9.17, 15) is 14.0 Å². The molecule has 0 aliphatic carbocycles. The van der Waals surface area contributed by atoms with E-state index in [1.54, 1.807) is 4.90 Å². The average molecular weight is 252 g/mol. The number of carboxylic acid groups (broad SMARTS) is 1. The molecule has 1 unspecified atom stereocenters. The maximum absolute atomic E-state index is 13.8. The molecule has 6 heteroatoms. The highest BCUT2D eigenvalue weighted by Gasteiger charge is 2.30. The van der Waals surface area contributed by atoms with Gasteiger partial charge in [-0.05, 0) is 31.0 Å². The molecule has 2 rings (SSSR count). The Bertz CT molecular complexity index is 504. The zero-order valence-corrected chi connectivity index (χ0v) is 9.60. The highest BCUT2D eigenvalue weighted by Crippen LogP contribution is 2.28. The van der Waals surface area contributed by atoms with E-state index in [0.717, 1.165) is 12.5 Å². The van der Waals surface area contributed by atoms with Gasteiger partial charge < -0.3 is 15.7 Å². The van der Waals surface area contributed by atoms with Crippen LogP contribution in [0, 0.1) is 5.82 Å². The first-order chi connectivity index (χ1) is 8.50. The van der Waals surface area contributed by atoms with E-state index in [1.165, 1.54) is 12.1 Å². The molecule has 1 aromatic carbocycles. The van der Waals surface area contributed by atoms with Gasteiger partial charge in [0.15, 0.2) is 0 Å². The van der Waals surface area contributed by atoms with Crippen LogP contribution in [0.15, 0.2) is 18.2 Å². The number of aromatic carboxylic acids is 1. The molecule has 0 aromatic heterocycles. The van der Waals surface area contributed by atoms with Crippen LogP contribution in [0.25, 0.3) is 0 Å². The van der Waals surface area contributed by atoms with Crippen molar-refractivity contribution in [3.63, 3.8) is 0 Å². The summed E-state index contributed by atoms with van der Waals surface area (Å²) in [6, 6.07) is 3.13. The summed E-state index contributed by atoms with van der Waals surface area (Å²) in [6.07, 6.45) is 1.35. The molecule has 96 valence electrons. The number of rotatable bonds is 3. The van der Waals surface area contributed by atoms with Crippen molar-refractivity contribution in [2.24, 2.45) is 5.73 Å². The first-order valence-corrected chi connectivity index (χ1v) is 5.59. The molecule has 0 bridgehead atoms. The second-order valence-electron chi connectivity index (χ2n) is 4.23. The Morgan fingerprint density at radius 3 is 2.72 bits per heavy atom. The zero-order valence-electron chi connectivity index (χ0n) is 9.60. The third-order valence-corrected chi connectivity index (χ3v) is 3.09. The van der Waals surface area contributed by atoms with Gasteiger partial charge in [0.05, 0.1) is 11.3 Å². The van der Waals surface area contributed by atoms with Gasteiger partial charge >= 0.3 is 5.97 Å². The lowest BCUT2D eigenvalue weighted by atomic mass is 10.1. The van der Waals surface area contributed by atoms with Gasteiger partial charge in [0.1, 0.15) is 11.9 Å². The number of primary amides is 1. The largest absolute Gasteiger partial charge is 0.478 e. The van der Waals surface area contributed by atoms with Gasteiger partial charge in [-0.1, -0.05) is 0 Å². The van der Waals surface area contributed by atoms with Gasteiger partial charge in [-0.3, -0.25) is 4.79 Å². The maximum atomic E-state index is 13.8. The molecule has 5 nitrogen and oxygen atoms in total. The van der Waals surface area contributed by atoms with Gasteiger partial charge in [-0.2, -0.15) is 0 Å². The Labute approximate surface area is 103 Å². The lowest BCUT2D eigenvalue weighted by Gasteiger charge is -2.24. The van der Waals surface area contributed by atoms with Crippen molar-refractivity contribution in [1.29, 1.82) is 0 Å². The number of nitrogens with two attached hydrogens (primary N) is 1. The summed E-state index contributed by atoms with van der Waals surface area (Å²) >= 11 is 0. The molecule has 1 aliphatic rings. The molecule has 18 heavy (non-hydrogen) atoms. The number of amides is 1. The highest BCUT2D eigenvalue weighted by molar-refractivity contribution is 5.89. The van der Waals surface area contributed by atoms with Crippen LogP contribution in [0.1, 0.15) is 23.2 Å². The Hall–Kier alpha value is -2.11. The van der Waals surface area contributed by atoms with Crippen LogP contribution in [0.2, 0.25) is 0 Å². The number of anilines is 1. The molecule has 0 saturated carbocycles. The van der Waals surface area contributed by atoms with E-state index in [4.69, 9.17) is 10.8 Å². The number of nitrogens with zero attached hydrogens (tertiary/aromatic N) is 1. The summed E-state index contributed by atoms with van der Waals surface area (Å²) < 4.78 is 13.8. The Kier molecular flexibility index (Phi) is 3.18. The van der Waals surface area contributed by atoms with Crippen LogP contribution in [-0.2, 0) is 4.79 Å². The summed E-state index contributed by atoms with van der Waals surface area (Å²) in [5.41, 5.74) is 5.36. The monoisotopic (exact) mass is 252 g/mol. The van der Waals surface area contributed by atoms with Crippen molar-refractivity contribution in [1.82, 2.24) is 0 Å². The van der Waals surface area contributed by atoms with Crippen LogP contribution in [0.3, 0.4) is 0 Å². The highest BCUT2D eigenvalue weighted by atomic mass is 19.1. The minimum atomic E-state index is -1.19. The second kappa shape index (κ2) is 4.64. The van der Waals surface area contributed by atoms with E-state index in [1.807, 2.05) is 0 Å². The zero-order chi connectivity index (χ0) is 13.3. The number of halogens is 1. The fourth-order valence-electron chi connectivity index (χ4n) is 2.22. The summed E-state index contributed by atoms with van der Waals surface area (Å²) in [4.78, 5) is 23.5. The standard InChI is InChI=1S/C12H13FN2O3/c13-8-6-7(12(17)18)3-4-9(8)15-5-1-2-10(15)11(14)16/h3-4,6,10H,1-2,5H2,(H2,14,16)(H,17,18). The van der Waals surface area contributed by atoms with Crippen molar-refractivity contribution in [2.45, 2.75) is 18.9 Å². The predicted octanol–water partition coefficient (Wildman–Crippen LogP) is 0.978.